The molecule has 0 saturated carbocycles. The number of fused-ring (bicyclic) bond motifs is 3. The molecular weight excluding hydrogens is 229 g/mol. The van der Waals surface area contributed by atoms with E-state index in [4.69, 9.17) is 0 Å². The summed E-state index contributed by atoms with van der Waals surface area (Å²) in [7, 11) is 0. The molecule has 3 nitrogen and oxygen atoms in total. The molecule has 16 heavy (non-hydrogen) atoms. The van der Waals surface area contributed by atoms with Crippen LogP contribution in [-0.2, 0) is 0 Å². The fourth-order valence-electron chi connectivity index (χ4n) is 1.94. The van der Waals surface area contributed by atoms with E-state index in [1.807, 2.05) is 30.3 Å². The minimum absolute atomic E-state index is 0. The third-order valence-corrected chi connectivity index (χ3v) is 2.63. The van der Waals surface area contributed by atoms with Crippen LogP contribution in [0.5, 0.6) is 0 Å². The van der Waals surface area contributed by atoms with Gasteiger partial charge in [-0.3, -0.25) is 14.9 Å². The monoisotopic (exact) mass is 237 g/mol. The molecule has 2 aromatic rings. The van der Waals surface area contributed by atoms with Gasteiger partial charge in [0.15, 0.2) is 0 Å². The SMILES string of the molecule is O=C1NC(=O)c2c1ccc1ccccc21.[KH]. The van der Waals surface area contributed by atoms with Gasteiger partial charge in [0.05, 0.1) is 11.1 Å². The van der Waals surface area contributed by atoms with Gasteiger partial charge in [-0.2, -0.15) is 0 Å². The van der Waals surface area contributed by atoms with Gasteiger partial charge < -0.3 is 0 Å². The second-order valence-corrected chi connectivity index (χ2v) is 3.49. The van der Waals surface area contributed by atoms with Gasteiger partial charge in [-0.05, 0) is 16.8 Å². The van der Waals surface area contributed by atoms with Crippen LogP contribution in [0.4, 0.5) is 0 Å². The summed E-state index contributed by atoms with van der Waals surface area (Å²) >= 11 is 0. The Morgan fingerprint density at radius 2 is 1.62 bits per heavy atom. The average Bonchev–Trinajstić information content (AvgIpc) is 2.55. The Balaban J connectivity index is 0.000000963. The summed E-state index contributed by atoms with van der Waals surface area (Å²) in [5, 5.41) is 4.10. The van der Waals surface area contributed by atoms with Crippen molar-refractivity contribution in [2.24, 2.45) is 0 Å². The van der Waals surface area contributed by atoms with E-state index >= 15 is 0 Å². The van der Waals surface area contributed by atoms with Gasteiger partial charge in [-0.1, -0.05) is 30.3 Å². The molecule has 3 rings (SSSR count). The molecule has 0 saturated heterocycles. The summed E-state index contributed by atoms with van der Waals surface area (Å²) in [6.07, 6.45) is 0. The summed E-state index contributed by atoms with van der Waals surface area (Å²) in [6.45, 7) is 0. The van der Waals surface area contributed by atoms with E-state index in [1.54, 1.807) is 6.07 Å². The van der Waals surface area contributed by atoms with Crippen LogP contribution in [0.3, 0.4) is 0 Å². The van der Waals surface area contributed by atoms with Crippen molar-refractivity contribution in [1.82, 2.24) is 5.32 Å². The molecule has 4 heteroatoms. The fourth-order valence-corrected chi connectivity index (χ4v) is 1.94. The second kappa shape index (κ2) is 4.39. The predicted molar refractivity (Wildman–Crippen MR) is 62.9 cm³/mol. The van der Waals surface area contributed by atoms with Gasteiger partial charge in [0.2, 0.25) is 0 Å². The van der Waals surface area contributed by atoms with E-state index in [1.165, 1.54) is 0 Å². The first-order chi connectivity index (χ1) is 7.27. The van der Waals surface area contributed by atoms with Crippen molar-refractivity contribution in [2.45, 2.75) is 0 Å². The van der Waals surface area contributed by atoms with Gasteiger partial charge in [0.25, 0.3) is 11.8 Å². The van der Waals surface area contributed by atoms with Crippen molar-refractivity contribution < 1.29 is 9.59 Å². The van der Waals surface area contributed by atoms with E-state index in [2.05, 4.69) is 5.32 Å². The molecule has 0 fully saturated rings. The Labute approximate surface area is 135 Å². The maximum absolute atomic E-state index is 11.6. The van der Waals surface area contributed by atoms with Crippen LogP contribution < -0.4 is 5.32 Å². The van der Waals surface area contributed by atoms with Crippen LogP contribution in [0.25, 0.3) is 10.8 Å². The Morgan fingerprint density at radius 3 is 2.44 bits per heavy atom. The van der Waals surface area contributed by atoms with E-state index < -0.39 is 0 Å². The number of benzene rings is 2. The van der Waals surface area contributed by atoms with Gasteiger partial charge in [0.1, 0.15) is 0 Å². The number of rotatable bonds is 0. The van der Waals surface area contributed by atoms with E-state index in [0.29, 0.717) is 11.1 Å². The van der Waals surface area contributed by atoms with Crippen molar-refractivity contribution in [2.75, 3.05) is 0 Å². The van der Waals surface area contributed by atoms with Gasteiger partial charge in [-0.25, -0.2) is 0 Å². The first-order valence-corrected chi connectivity index (χ1v) is 4.65. The first kappa shape index (κ1) is 11.9. The number of amides is 2. The topological polar surface area (TPSA) is 46.2 Å². The standard InChI is InChI=1S/C12H7NO2.K.H/c14-11-9-6-5-7-3-1-2-4-8(7)10(9)12(15)13-11;;/h1-6H,(H,13,14,15);;. The number of nitrogens with one attached hydrogen (secondary N) is 1. The van der Waals surface area contributed by atoms with Crippen molar-refractivity contribution in [1.29, 1.82) is 0 Å². The van der Waals surface area contributed by atoms with Crippen LogP contribution in [0.1, 0.15) is 20.7 Å². The number of hydrogen-bond donors (Lipinski definition) is 1. The molecule has 0 radical (unpaired) electrons. The number of carbonyl (C=O) groups excluding carboxylic acids is 2. The normalized spacial score (nSPS) is 13.2. The Bertz CT molecular complexity index is 607. The molecule has 0 spiro atoms. The summed E-state index contributed by atoms with van der Waals surface area (Å²) in [4.78, 5) is 22.9. The van der Waals surface area contributed by atoms with Crippen LogP contribution in [0.2, 0.25) is 0 Å². The summed E-state index contributed by atoms with van der Waals surface area (Å²) < 4.78 is 0. The molecule has 2 aromatic carbocycles. The molecule has 0 bridgehead atoms. The van der Waals surface area contributed by atoms with Gasteiger partial charge in [-0.15, -0.1) is 0 Å². The van der Waals surface area contributed by atoms with Crippen LogP contribution >= 0.6 is 0 Å². The van der Waals surface area contributed by atoms with E-state index in [-0.39, 0.29) is 63.2 Å². The van der Waals surface area contributed by atoms with Crippen molar-refractivity contribution in [3.05, 3.63) is 47.5 Å². The molecular formula is C12H8KNO2. The molecule has 0 aliphatic carbocycles. The quantitative estimate of drug-likeness (QED) is 0.550. The zero-order valence-electron chi connectivity index (χ0n) is 7.78. The molecule has 74 valence electrons. The molecule has 1 N–H and O–H groups in total. The molecule has 1 aliphatic rings. The molecule has 2 amide bonds. The predicted octanol–water partition coefficient (Wildman–Crippen LogP) is 1.07. The summed E-state index contributed by atoms with van der Waals surface area (Å²) in [6, 6.07) is 11.1. The zero-order chi connectivity index (χ0) is 10.4. The van der Waals surface area contributed by atoms with Crippen LogP contribution in [-0.4, -0.2) is 63.2 Å². The average molecular weight is 237 g/mol. The number of carbonyl (C=O) groups is 2. The first-order valence-electron chi connectivity index (χ1n) is 4.65. The van der Waals surface area contributed by atoms with Crippen molar-refractivity contribution in [3.8, 4) is 0 Å². The molecule has 0 atom stereocenters. The number of hydrogen-bond acceptors (Lipinski definition) is 2. The Hall–Kier alpha value is -0.524. The Kier molecular flexibility index (Phi) is 3.28. The molecule has 1 aliphatic heterocycles. The van der Waals surface area contributed by atoms with Crippen molar-refractivity contribution in [3.63, 3.8) is 0 Å². The van der Waals surface area contributed by atoms with E-state index in [0.717, 1.165) is 10.8 Å². The Morgan fingerprint density at radius 1 is 0.875 bits per heavy atom. The maximum atomic E-state index is 11.6. The molecule has 1 heterocycles. The van der Waals surface area contributed by atoms with Crippen molar-refractivity contribution >= 4 is 74.0 Å². The third kappa shape index (κ3) is 1.67. The zero-order valence-corrected chi connectivity index (χ0v) is 7.78. The third-order valence-electron chi connectivity index (χ3n) is 2.63. The van der Waals surface area contributed by atoms with Gasteiger partial charge in [0, 0.05) is 0 Å². The van der Waals surface area contributed by atoms with E-state index in [9.17, 15) is 9.59 Å². The van der Waals surface area contributed by atoms with Crippen LogP contribution in [0.15, 0.2) is 36.4 Å². The summed E-state index contributed by atoms with van der Waals surface area (Å²) in [5.41, 5.74) is 0.969. The minimum atomic E-state index is -0.305. The molecule has 0 aromatic heterocycles. The van der Waals surface area contributed by atoms with Gasteiger partial charge >= 0.3 is 51.4 Å². The fraction of sp³-hybridized carbons (Fsp3) is 0. The summed E-state index contributed by atoms with van der Waals surface area (Å²) in [5.74, 6) is -0.604. The van der Waals surface area contributed by atoms with Crippen LogP contribution in [0, 0.1) is 0 Å². The second-order valence-electron chi connectivity index (χ2n) is 3.49. The number of imide groups is 1. The molecule has 0 unspecified atom stereocenters.